The molecule has 1 aromatic carbocycles. The van der Waals surface area contributed by atoms with Crippen LogP contribution in [0.2, 0.25) is 0 Å². The summed E-state index contributed by atoms with van der Waals surface area (Å²) in [6.45, 7) is 5.67. The topological polar surface area (TPSA) is 37.8 Å². The number of hydrogen-bond acceptors (Lipinski definition) is 3. The summed E-state index contributed by atoms with van der Waals surface area (Å²) in [5.74, 6) is 0.798. The van der Waals surface area contributed by atoms with E-state index < -0.39 is 0 Å². The van der Waals surface area contributed by atoms with Crippen LogP contribution in [0.4, 0.5) is 5.82 Å². The van der Waals surface area contributed by atoms with Crippen LogP contribution in [-0.4, -0.2) is 9.97 Å². The molecule has 3 nitrogen and oxygen atoms in total. The summed E-state index contributed by atoms with van der Waals surface area (Å²) >= 11 is 0. The highest BCUT2D eigenvalue weighted by molar-refractivity contribution is 5.89. The molecule has 0 aliphatic heterocycles. The summed E-state index contributed by atoms with van der Waals surface area (Å²) in [6.07, 6.45) is 9.14. The largest absolute Gasteiger partial charge is 0.340 e. The van der Waals surface area contributed by atoms with Crippen molar-refractivity contribution >= 4 is 16.7 Å². The summed E-state index contributed by atoms with van der Waals surface area (Å²) < 4.78 is 0. The summed E-state index contributed by atoms with van der Waals surface area (Å²) in [7, 11) is 0. The number of aromatic nitrogens is 2. The highest BCUT2D eigenvalue weighted by atomic mass is 15.0. The Morgan fingerprint density at radius 3 is 2.89 bits per heavy atom. The third-order valence-electron chi connectivity index (χ3n) is 2.45. The van der Waals surface area contributed by atoms with Crippen LogP contribution in [-0.2, 0) is 0 Å². The predicted octanol–water partition coefficient (Wildman–Crippen LogP) is 3.69. The summed E-state index contributed by atoms with van der Waals surface area (Å²) in [5, 5.41) is 4.28. The van der Waals surface area contributed by atoms with Gasteiger partial charge in [-0.05, 0) is 31.2 Å². The van der Waals surface area contributed by atoms with Crippen molar-refractivity contribution in [3.05, 3.63) is 67.2 Å². The number of nitrogens with zero attached hydrogens (tertiary/aromatic N) is 2. The van der Waals surface area contributed by atoms with Crippen molar-refractivity contribution in [3.63, 3.8) is 0 Å². The highest BCUT2D eigenvalue weighted by Gasteiger charge is 2.02. The molecule has 2 rings (SSSR count). The van der Waals surface area contributed by atoms with Crippen LogP contribution in [0.25, 0.3) is 10.9 Å². The molecule has 1 aromatic heterocycles. The van der Waals surface area contributed by atoms with E-state index in [-0.39, 0.29) is 0 Å². The molecule has 0 amide bonds. The Kier molecular flexibility index (Phi) is 3.86. The SMILES string of the molecule is C=C/C=C(\C=C/C)Nc1ncnc2ccccc12. The van der Waals surface area contributed by atoms with Crippen molar-refractivity contribution in [1.82, 2.24) is 9.97 Å². The summed E-state index contributed by atoms with van der Waals surface area (Å²) in [6, 6.07) is 7.91. The number of hydrogen-bond donors (Lipinski definition) is 1. The maximum Gasteiger partial charge on any atom is 0.141 e. The van der Waals surface area contributed by atoms with Gasteiger partial charge in [-0.3, -0.25) is 0 Å². The van der Waals surface area contributed by atoms with Crippen molar-refractivity contribution in [1.29, 1.82) is 0 Å². The molecule has 0 saturated heterocycles. The zero-order chi connectivity index (χ0) is 12.8. The molecule has 1 heterocycles. The summed E-state index contributed by atoms with van der Waals surface area (Å²) in [4.78, 5) is 8.51. The third-order valence-corrected chi connectivity index (χ3v) is 2.45. The lowest BCUT2D eigenvalue weighted by molar-refractivity contribution is 1.21. The van der Waals surface area contributed by atoms with Crippen molar-refractivity contribution < 1.29 is 0 Å². The van der Waals surface area contributed by atoms with Crippen molar-refractivity contribution in [2.45, 2.75) is 6.92 Å². The first-order chi connectivity index (χ1) is 8.85. The Bertz CT molecular complexity index is 607. The highest BCUT2D eigenvalue weighted by Crippen LogP contribution is 2.19. The normalized spacial score (nSPS) is 11.9. The quantitative estimate of drug-likeness (QED) is 0.824. The molecule has 0 fully saturated rings. The molecule has 2 aromatic rings. The van der Waals surface area contributed by atoms with Gasteiger partial charge in [0.25, 0.3) is 0 Å². The maximum absolute atomic E-state index is 4.28. The van der Waals surface area contributed by atoms with Crippen LogP contribution >= 0.6 is 0 Å². The van der Waals surface area contributed by atoms with E-state index in [0.29, 0.717) is 0 Å². The second kappa shape index (κ2) is 5.77. The minimum atomic E-state index is 0.798. The molecular formula is C15H15N3. The number of benzene rings is 1. The van der Waals surface area contributed by atoms with Crippen LogP contribution in [0.15, 0.2) is 67.2 Å². The van der Waals surface area contributed by atoms with Crippen molar-refractivity contribution in [3.8, 4) is 0 Å². The van der Waals surface area contributed by atoms with Crippen molar-refractivity contribution in [2.75, 3.05) is 5.32 Å². The fourth-order valence-corrected chi connectivity index (χ4v) is 1.69. The Morgan fingerprint density at radius 1 is 1.28 bits per heavy atom. The van der Waals surface area contributed by atoms with E-state index in [2.05, 4.69) is 21.9 Å². The lowest BCUT2D eigenvalue weighted by Crippen LogP contribution is -2.00. The molecule has 18 heavy (non-hydrogen) atoms. The molecule has 0 aliphatic carbocycles. The average Bonchev–Trinajstić information content (AvgIpc) is 2.40. The molecule has 0 radical (unpaired) electrons. The standard InChI is InChI=1S/C15H15N3/c1-3-7-12(8-4-2)18-15-13-9-5-6-10-14(13)16-11-17-15/h3-11H,1H2,2H3,(H,16,17,18)/b8-4-,12-7+. The number of allylic oxidation sites excluding steroid dienone is 4. The van der Waals surface area contributed by atoms with Gasteiger partial charge in [-0.2, -0.15) is 0 Å². The Balaban J connectivity index is 2.42. The lowest BCUT2D eigenvalue weighted by atomic mass is 10.2. The van der Waals surface area contributed by atoms with E-state index in [1.165, 1.54) is 0 Å². The van der Waals surface area contributed by atoms with Crippen LogP contribution in [0.1, 0.15) is 6.92 Å². The minimum Gasteiger partial charge on any atom is -0.340 e. The minimum absolute atomic E-state index is 0.798. The average molecular weight is 237 g/mol. The molecule has 0 spiro atoms. The van der Waals surface area contributed by atoms with E-state index in [4.69, 9.17) is 0 Å². The van der Waals surface area contributed by atoms with E-state index in [0.717, 1.165) is 22.4 Å². The Labute approximate surface area is 107 Å². The smallest absolute Gasteiger partial charge is 0.141 e. The number of fused-ring (bicyclic) bond motifs is 1. The molecule has 90 valence electrons. The molecular weight excluding hydrogens is 222 g/mol. The Hall–Kier alpha value is -2.42. The first kappa shape index (κ1) is 12.0. The van der Waals surface area contributed by atoms with Crippen LogP contribution in [0.3, 0.4) is 0 Å². The number of anilines is 1. The lowest BCUT2D eigenvalue weighted by Gasteiger charge is -2.08. The second-order valence-electron chi connectivity index (χ2n) is 3.72. The van der Waals surface area contributed by atoms with Gasteiger partial charge in [0.05, 0.1) is 5.52 Å². The van der Waals surface area contributed by atoms with E-state index >= 15 is 0 Å². The molecule has 0 saturated carbocycles. The van der Waals surface area contributed by atoms with Crippen molar-refractivity contribution in [2.24, 2.45) is 0 Å². The molecule has 1 N–H and O–H groups in total. The van der Waals surface area contributed by atoms with E-state index in [1.54, 1.807) is 12.4 Å². The molecule has 3 heteroatoms. The van der Waals surface area contributed by atoms with Gasteiger partial charge in [0.15, 0.2) is 0 Å². The molecule has 0 bridgehead atoms. The zero-order valence-corrected chi connectivity index (χ0v) is 10.3. The van der Waals surface area contributed by atoms with E-state index in [9.17, 15) is 0 Å². The van der Waals surface area contributed by atoms with Gasteiger partial charge in [0.1, 0.15) is 12.1 Å². The van der Waals surface area contributed by atoms with Gasteiger partial charge in [0, 0.05) is 11.1 Å². The predicted molar refractivity (Wildman–Crippen MR) is 76.3 cm³/mol. The van der Waals surface area contributed by atoms with Gasteiger partial charge >= 0.3 is 0 Å². The van der Waals surface area contributed by atoms with Crippen LogP contribution in [0.5, 0.6) is 0 Å². The van der Waals surface area contributed by atoms with Gasteiger partial charge in [-0.25, -0.2) is 9.97 Å². The first-order valence-electron chi connectivity index (χ1n) is 5.77. The third kappa shape index (κ3) is 2.63. The first-order valence-corrected chi connectivity index (χ1v) is 5.77. The molecule has 0 unspecified atom stereocenters. The van der Waals surface area contributed by atoms with Gasteiger partial charge in [-0.1, -0.05) is 30.9 Å². The van der Waals surface area contributed by atoms with Crippen LogP contribution in [0, 0.1) is 0 Å². The molecule has 0 aliphatic rings. The Morgan fingerprint density at radius 2 is 2.11 bits per heavy atom. The van der Waals surface area contributed by atoms with Gasteiger partial charge in [-0.15, -0.1) is 0 Å². The maximum atomic E-state index is 4.28. The fourth-order valence-electron chi connectivity index (χ4n) is 1.69. The molecule has 0 atom stereocenters. The number of rotatable bonds is 4. The van der Waals surface area contributed by atoms with Gasteiger partial charge in [0.2, 0.25) is 0 Å². The monoisotopic (exact) mass is 237 g/mol. The van der Waals surface area contributed by atoms with E-state index in [1.807, 2.05) is 49.4 Å². The fraction of sp³-hybridized carbons (Fsp3) is 0.0667. The number of para-hydroxylation sites is 1. The second-order valence-corrected chi connectivity index (χ2v) is 3.72. The zero-order valence-electron chi connectivity index (χ0n) is 10.3. The van der Waals surface area contributed by atoms with Gasteiger partial charge < -0.3 is 5.32 Å². The van der Waals surface area contributed by atoms with Crippen LogP contribution < -0.4 is 5.32 Å². The summed E-state index contributed by atoms with van der Waals surface area (Å²) in [5.41, 5.74) is 1.87. The number of nitrogens with one attached hydrogen (secondary N) is 1.